The molecule has 5 heteroatoms. The molecule has 0 N–H and O–H groups in total. The summed E-state index contributed by atoms with van der Waals surface area (Å²) in [5.41, 5.74) is 0. The third-order valence-corrected chi connectivity index (χ3v) is 5.81. The van der Waals surface area contributed by atoms with E-state index in [-0.39, 0.29) is 12.0 Å². The minimum absolute atomic E-state index is 0.160. The van der Waals surface area contributed by atoms with Crippen molar-refractivity contribution < 1.29 is 4.79 Å². The van der Waals surface area contributed by atoms with Crippen LogP contribution in [0.5, 0.6) is 0 Å². The summed E-state index contributed by atoms with van der Waals surface area (Å²) in [5.74, 6) is 0.605. The van der Waals surface area contributed by atoms with Crippen LogP contribution in [0.1, 0.15) is 43.0 Å². The molecule has 2 aliphatic rings. The number of hydrogen-bond donors (Lipinski definition) is 0. The van der Waals surface area contributed by atoms with E-state index in [4.69, 9.17) is 0 Å². The average Bonchev–Trinajstić information content (AvgIpc) is 3.11. The second-order valence-corrected chi connectivity index (χ2v) is 7.22. The molecule has 2 heterocycles. The first kappa shape index (κ1) is 15.5. The zero-order valence-electron chi connectivity index (χ0n) is 12.9. The molecule has 1 saturated heterocycles. The summed E-state index contributed by atoms with van der Waals surface area (Å²) >= 11 is 1.63. The predicted molar refractivity (Wildman–Crippen MR) is 87.4 cm³/mol. The van der Waals surface area contributed by atoms with E-state index in [0.717, 1.165) is 43.9 Å². The van der Waals surface area contributed by atoms with E-state index < -0.39 is 0 Å². The van der Waals surface area contributed by atoms with Crippen molar-refractivity contribution >= 4 is 17.2 Å². The first-order chi connectivity index (χ1) is 10.8. The Hall–Kier alpha value is -1.38. The molecule has 0 aromatic carbocycles. The van der Waals surface area contributed by atoms with Crippen LogP contribution in [-0.2, 0) is 4.79 Å². The van der Waals surface area contributed by atoms with Gasteiger partial charge in [0.05, 0.1) is 6.07 Å². The van der Waals surface area contributed by atoms with Gasteiger partial charge < -0.3 is 4.90 Å². The molecular weight excluding hydrogens is 294 g/mol. The van der Waals surface area contributed by atoms with E-state index in [0.29, 0.717) is 5.91 Å². The molecular formula is C17H23N3OS. The van der Waals surface area contributed by atoms with Crippen molar-refractivity contribution in [3.8, 4) is 6.07 Å². The van der Waals surface area contributed by atoms with Gasteiger partial charge in [-0.1, -0.05) is 25.3 Å². The van der Waals surface area contributed by atoms with Gasteiger partial charge in [-0.25, -0.2) is 0 Å². The third-order valence-electron chi connectivity index (χ3n) is 4.88. The molecule has 0 bridgehead atoms. The monoisotopic (exact) mass is 317 g/mol. The Morgan fingerprint density at radius 2 is 1.95 bits per heavy atom. The Kier molecular flexibility index (Phi) is 5.12. The van der Waals surface area contributed by atoms with Crippen molar-refractivity contribution in [1.29, 1.82) is 5.26 Å². The normalized spacial score (nSPS) is 22.2. The van der Waals surface area contributed by atoms with Crippen LogP contribution < -0.4 is 0 Å². The van der Waals surface area contributed by atoms with Gasteiger partial charge in [0.25, 0.3) is 0 Å². The topological polar surface area (TPSA) is 47.3 Å². The largest absolute Gasteiger partial charge is 0.340 e. The van der Waals surface area contributed by atoms with Gasteiger partial charge in [-0.2, -0.15) is 5.26 Å². The summed E-state index contributed by atoms with van der Waals surface area (Å²) in [5, 5.41) is 11.5. The number of rotatable bonds is 3. The Balaban J connectivity index is 1.55. The van der Waals surface area contributed by atoms with Gasteiger partial charge in [0.2, 0.25) is 5.91 Å². The minimum Gasteiger partial charge on any atom is -0.340 e. The second-order valence-electron chi connectivity index (χ2n) is 6.24. The first-order valence-electron chi connectivity index (χ1n) is 8.25. The lowest BCUT2D eigenvalue weighted by Crippen LogP contribution is -2.51. The number of piperazine rings is 1. The quantitative estimate of drug-likeness (QED) is 0.861. The summed E-state index contributed by atoms with van der Waals surface area (Å²) in [6.45, 7) is 3.13. The van der Waals surface area contributed by atoms with E-state index in [1.807, 2.05) is 22.4 Å². The van der Waals surface area contributed by atoms with Crippen molar-refractivity contribution in [3.05, 3.63) is 22.4 Å². The van der Waals surface area contributed by atoms with Crippen molar-refractivity contribution in [3.63, 3.8) is 0 Å². The highest BCUT2D eigenvalue weighted by atomic mass is 32.1. The third kappa shape index (κ3) is 3.34. The molecule has 118 valence electrons. The van der Waals surface area contributed by atoms with Gasteiger partial charge in [-0.3, -0.25) is 9.69 Å². The van der Waals surface area contributed by atoms with Gasteiger partial charge >= 0.3 is 0 Å². The minimum atomic E-state index is -0.160. The van der Waals surface area contributed by atoms with Crippen LogP contribution in [-0.4, -0.2) is 41.9 Å². The van der Waals surface area contributed by atoms with Crippen molar-refractivity contribution in [2.75, 3.05) is 26.2 Å². The van der Waals surface area contributed by atoms with Gasteiger partial charge in [0, 0.05) is 37.0 Å². The molecule has 3 rings (SSSR count). The molecule has 1 amide bonds. The molecule has 0 radical (unpaired) electrons. The summed E-state index contributed by atoms with van der Waals surface area (Å²) in [4.78, 5) is 17.9. The van der Waals surface area contributed by atoms with Crippen molar-refractivity contribution in [2.45, 2.75) is 38.1 Å². The second kappa shape index (κ2) is 7.26. The molecule has 22 heavy (non-hydrogen) atoms. The molecule has 0 spiro atoms. The number of nitriles is 1. The van der Waals surface area contributed by atoms with E-state index in [9.17, 15) is 10.1 Å². The maximum Gasteiger partial charge on any atom is 0.225 e. The number of thiophene rings is 1. The lowest BCUT2D eigenvalue weighted by molar-refractivity contribution is -0.138. The van der Waals surface area contributed by atoms with Gasteiger partial charge in [0.1, 0.15) is 6.04 Å². The highest BCUT2D eigenvalue weighted by molar-refractivity contribution is 7.10. The van der Waals surface area contributed by atoms with Crippen molar-refractivity contribution in [2.24, 2.45) is 5.92 Å². The Morgan fingerprint density at radius 3 is 2.55 bits per heavy atom. The van der Waals surface area contributed by atoms with Gasteiger partial charge in [0.15, 0.2) is 0 Å². The molecule has 1 saturated carbocycles. The van der Waals surface area contributed by atoms with Crippen LogP contribution in [0.3, 0.4) is 0 Å². The standard InChI is InChI=1S/C17H23N3OS/c18-13-15(16-7-4-12-22-16)19-8-10-20(11-9-19)17(21)14-5-2-1-3-6-14/h4,7,12,14-15H,1-3,5-6,8-11H2. The van der Waals surface area contributed by atoms with E-state index in [1.165, 1.54) is 19.3 Å². The molecule has 2 fully saturated rings. The summed E-state index contributed by atoms with van der Waals surface area (Å²) in [6.07, 6.45) is 5.81. The van der Waals surface area contributed by atoms with E-state index >= 15 is 0 Å². The number of carbonyl (C=O) groups excluding carboxylic acids is 1. The fraction of sp³-hybridized carbons (Fsp3) is 0.647. The lowest BCUT2D eigenvalue weighted by atomic mass is 9.88. The smallest absolute Gasteiger partial charge is 0.225 e. The Morgan fingerprint density at radius 1 is 1.23 bits per heavy atom. The highest BCUT2D eigenvalue weighted by Gasteiger charge is 2.31. The Bertz CT molecular complexity index is 523. The zero-order valence-corrected chi connectivity index (χ0v) is 13.7. The zero-order chi connectivity index (χ0) is 15.4. The van der Waals surface area contributed by atoms with E-state index in [1.54, 1.807) is 11.3 Å². The molecule has 1 aromatic rings. The van der Waals surface area contributed by atoms with Crippen LogP contribution in [0.25, 0.3) is 0 Å². The first-order valence-corrected chi connectivity index (χ1v) is 9.13. The summed E-state index contributed by atoms with van der Waals surface area (Å²) in [7, 11) is 0. The molecule has 1 aromatic heterocycles. The van der Waals surface area contributed by atoms with Crippen LogP contribution in [0.2, 0.25) is 0 Å². The highest BCUT2D eigenvalue weighted by Crippen LogP contribution is 2.28. The number of amides is 1. The van der Waals surface area contributed by atoms with Crippen LogP contribution in [0, 0.1) is 17.2 Å². The SMILES string of the molecule is N#CC(c1cccs1)N1CCN(C(=O)C2CCCCC2)CC1. The van der Waals surface area contributed by atoms with E-state index in [2.05, 4.69) is 11.0 Å². The van der Waals surface area contributed by atoms with Crippen LogP contribution in [0.4, 0.5) is 0 Å². The Labute approximate surface area is 136 Å². The van der Waals surface area contributed by atoms with Gasteiger partial charge in [-0.05, 0) is 24.3 Å². The number of carbonyl (C=O) groups is 1. The molecule has 1 aliphatic carbocycles. The fourth-order valence-electron chi connectivity index (χ4n) is 3.58. The molecule has 1 unspecified atom stereocenters. The van der Waals surface area contributed by atoms with Crippen molar-refractivity contribution in [1.82, 2.24) is 9.80 Å². The lowest BCUT2D eigenvalue weighted by Gasteiger charge is -2.38. The fourth-order valence-corrected chi connectivity index (χ4v) is 4.38. The maximum absolute atomic E-state index is 12.6. The predicted octanol–water partition coefficient (Wildman–Crippen LogP) is 3.04. The molecule has 1 atom stereocenters. The maximum atomic E-state index is 12.6. The van der Waals surface area contributed by atoms with Gasteiger partial charge in [-0.15, -0.1) is 11.3 Å². The number of nitrogens with zero attached hydrogens (tertiary/aromatic N) is 3. The summed E-state index contributed by atoms with van der Waals surface area (Å²) in [6, 6.07) is 6.27. The molecule has 1 aliphatic heterocycles. The molecule has 4 nitrogen and oxygen atoms in total. The van der Waals surface area contributed by atoms with Crippen LogP contribution in [0.15, 0.2) is 17.5 Å². The van der Waals surface area contributed by atoms with Crippen LogP contribution >= 0.6 is 11.3 Å². The average molecular weight is 317 g/mol. The number of hydrogen-bond acceptors (Lipinski definition) is 4. The summed E-state index contributed by atoms with van der Waals surface area (Å²) < 4.78 is 0.